The van der Waals surface area contributed by atoms with E-state index in [1.165, 1.54) is 24.8 Å². The molecule has 0 fully saturated rings. The number of nitrogen functional groups attached to an aromatic ring is 1. The minimum atomic E-state index is 0.691. The number of nitrogens with zero attached hydrogens (tertiary/aromatic N) is 1. The van der Waals surface area contributed by atoms with Gasteiger partial charge in [0.1, 0.15) is 0 Å². The molecule has 3 nitrogen and oxygen atoms in total. The van der Waals surface area contributed by atoms with Gasteiger partial charge in [-0.3, -0.25) is 10.8 Å². The van der Waals surface area contributed by atoms with Gasteiger partial charge in [0.15, 0.2) is 0 Å². The molecule has 1 aliphatic rings. The van der Waals surface area contributed by atoms with Crippen molar-refractivity contribution in [2.45, 2.75) is 32.1 Å². The van der Waals surface area contributed by atoms with Crippen molar-refractivity contribution in [3.63, 3.8) is 0 Å². The van der Waals surface area contributed by atoms with Crippen molar-refractivity contribution in [1.29, 1.82) is 0 Å². The quantitative estimate of drug-likeness (QED) is 0.470. The van der Waals surface area contributed by atoms with Crippen LogP contribution in [0.15, 0.2) is 18.2 Å². The standard InChI is InChI=1S/C14H16ClN3/c15-11-7-4-6-10-13(18-16)9-5-2-1-3-8-12(9)17-14(10)11/h4,6-7H,1-3,5,8,16H2,(H,17,18). The molecule has 0 atom stereocenters. The van der Waals surface area contributed by atoms with Gasteiger partial charge in [0.05, 0.1) is 16.2 Å². The minimum absolute atomic E-state index is 0.691. The van der Waals surface area contributed by atoms with Crippen LogP contribution in [0.3, 0.4) is 0 Å². The van der Waals surface area contributed by atoms with E-state index in [1.54, 1.807) is 0 Å². The van der Waals surface area contributed by atoms with Crippen LogP contribution in [0.5, 0.6) is 0 Å². The largest absolute Gasteiger partial charge is 0.323 e. The molecule has 0 saturated heterocycles. The van der Waals surface area contributed by atoms with Gasteiger partial charge in [-0.2, -0.15) is 0 Å². The Hall–Kier alpha value is -1.32. The number of hydrazine groups is 1. The van der Waals surface area contributed by atoms with Gasteiger partial charge >= 0.3 is 0 Å². The normalized spacial score (nSPS) is 15.2. The molecule has 1 aliphatic carbocycles. The summed E-state index contributed by atoms with van der Waals surface area (Å²) >= 11 is 6.24. The highest BCUT2D eigenvalue weighted by molar-refractivity contribution is 6.35. The first-order chi connectivity index (χ1) is 8.81. The first-order valence-corrected chi connectivity index (χ1v) is 6.75. The number of nitrogens with one attached hydrogen (secondary N) is 1. The van der Waals surface area contributed by atoms with Crippen molar-refractivity contribution < 1.29 is 0 Å². The lowest BCUT2D eigenvalue weighted by molar-refractivity contribution is 0.709. The van der Waals surface area contributed by atoms with Gasteiger partial charge in [0.25, 0.3) is 0 Å². The number of nitrogens with two attached hydrogens (primary N) is 1. The highest BCUT2D eigenvalue weighted by Crippen LogP contribution is 2.34. The van der Waals surface area contributed by atoms with E-state index >= 15 is 0 Å². The maximum absolute atomic E-state index is 6.24. The number of aryl methyl sites for hydroxylation is 1. The van der Waals surface area contributed by atoms with Crippen LogP contribution >= 0.6 is 11.6 Å². The van der Waals surface area contributed by atoms with Crippen LogP contribution in [-0.4, -0.2) is 4.98 Å². The summed E-state index contributed by atoms with van der Waals surface area (Å²) in [4.78, 5) is 4.76. The summed E-state index contributed by atoms with van der Waals surface area (Å²) in [6.07, 6.45) is 5.72. The fraction of sp³-hybridized carbons (Fsp3) is 0.357. The lowest BCUT2D eigenvalue weighted by Gasteiger charge is -2.15. The lowest BCUT2D eigenvalue weighted by atomic mass is 10.0. The van der Waals surface area contributed by atoms with Gasteiger partial charge in [-0.05, 0) is 37.3 Å². The molecule has 3 rings (SSSR count). The first kappa shape index (κ1) is 11.8. The maximum Gasteiger partial charge on any atom is 0.0912 e. The number of pyridine rings is 1. The van der Waals surface area contributed by atoms with E-state index in [2.05, 4.69) is 5.43 Å². The van der Waals surface area contributed by atoms with Crippen molar-refractivity contribution in [2.75, 3.05) is 5.43 Å². The second-order valence-corrected chi connectivity index (χ2v) is 5.16. The van der Waals surface area contributed by atoms with Gasteiger partial charge in [0, 0.05) is 11.1 Å². The van der Waals surface area contributed by atoms with E-state index in [0.29, 0.717) is 5.02 Å². The third-order valence-corrected chi connectivity index (χ3v) is 3.94. The lowest BCUT2D eigenvalue weighted by Crippen LogP contribution is -2.12. The van der Waals surface area contributed by atoms with Crippen molar-refractivity contribution >= 4 is 28.2 Å². The highest BCUT2D eigenvalue weighted by Gasteiger charge is 2.17. The molecule has 0 unspecified atom stereocenters. The van der Waals surface area contributed by atoms with E-state index in [-0.39, 0.29) is 0 Å². The number of halogens is 1. The fourth-order valence-electron chi connectivity index (χ4n) is 2.75. The number of benzene rings is 1. The second kappa shape index (κ2) is 4.75. The van der Waals surface area contributed by atoms with Crippen LogP contribution in [0.2, 0.25) is 5.02 Å². The van der Waals surface area contributed by atoms with E-state index in [0.717, 1.165) is 35.1 Å². The van der Waals surface area contributed by atoms with Crippen molar-refractivity contribution in [2.24, 2.45) is 5.84 Å². The molecule has 0 spiro atoms. The van der Waals surface area contributed by atoms with Crippen LogP contribution in [0.25, 0.3) is 10.9 Å². The average molecular weight is 262 g/mol. The van der Waals surface area contributed by atoms with Crippen LogP contribution in [0, 0.1) is 0 Å². The molecular weight excluding hydrogens is 246 g/mol. The van der Waals surface area contributed by atoms with Crippen LogP contribution < -0.4 is 11.3 Å². The molecule has 0 radical (unpaired) electrons. The summed E-state index contributed by atoms with van der Waals surface area (Å²) in [6.45, 7) is 0. The summed E-state index contributed by atoms with van der Waals surface area (Å²) in [7, 11) is 0. The van der Waals surface area contributed by atoms with E-state index in [4.69, 9.17) is 22.4 Å². The van der Waals surface area contributed by atoms with Crippen molar-refractivity contribution in [3.8, 4) is 0 Å². The summed E-state index contributed by atoms with van der Waals surface area (Å²) in [5, 5.41) is 1.71. The van der Waals surface area contributed by atoms with Crippen LogP contribution in [0.1, 0.15) is 30.5 Å². The number of hydrogen-bond acceptors (Lipinski definition) is 3. The summed E-state index contributed by atoms with van der Waals surface area (Å²) in [6, 6.07) is 5.84. The highest BCUT2D eigenvalue weighted by atomic mass is 35.5. The van der Waals surface area contributed by atoms with Crippen molar-refractivity contribution in [3.05, 3.63) is 34.5 Å². The number of fused-ring (bicyclic) bond motifs is 2. The Morgan fingerprint density at radius 1 is 1.17 bits per heavy atom. The molecule has 0 bridgehead atoms. The van der Waals surface area contributed by atoms with E-state index in [9.17, 15) is 0 Å². The van der Waals surface area contributed by atoms with Gasteiger partial charge in [0.2, 0.25) is 0 Å². The zero-order valence-corrected chi connectivity index (χ0v) is 10.9. The predicted octanol–water partition coefficient (Wildman–Crippen LogP) is 3.44. The monoisotopic (exact) mass is 261 g/mol. The zero-order valence-electron chi connectivity index (χ0n) is 10.2. The second-order valence-electron chi connectivity index (χ2n) is 4.75. The molecule has 1 aromatic heterocycles. The summed E-state index contributed by atoms with van der Waals surface area (Å²) in [5.74, 6) is 5.72. The van der Waals surface area contributed by atoms with E-state index in [1.807, 2.05) is 18.2 Å². The number of rotatable bonds is 1. The topological polar surface area (TPSA) is 50.9 Å². The van der Waals surface area contributed by atoms with Crippen LogP contribution in [-0.2, 0) is 12.8 Å². The molecule has 1 heterocycles. The number of aromatic nitrogens is 1. The summed E-state index contributed by atoms with van der Waals surface area (Å²) in [5.41, 5.74) is 7.13. The molecule has 0 amide bonds. The van der Waals surface area contributed by atoms with E-state index < -0.39 is 0 Å². The molecule has 18 heavy (non-hydrogen) atoms. The first-order valence-electron chi connectivity index (χ1n) is 6.38. The molecule has 94 valence electrons. The van der Waals surface area contributed by atoms with Gasteiger partial charge in [-0.15, -0.1) is 0 Å². The Labute approximate surface area is 111 Å². The number of hydrogen-bond donors (Lipinski definition) is 2. The molecule has 0 aliphatic heterocycles. The molecule has 0 saturated carbocycles. The van der Waals surface area contributed by atoms with Gasteiger partial charge < -0.3 is 5.43 Å². The fourth-order valence-corrected chi connectivity index (χ4v) is 2.97. The Morgan fingerprint density at radius 3 is 2.83 bits per heavy atom. The Balaban J connectivity index is 2.34. The Kier molecular flexibility index (Phi) is 3.10. The molecule has 1 aromatic carbocycles. The zero-order chi connectivity index (χ0) is 12.5. The molecule has 4 heteroatoms. The molecule has 2 aromatic rings. The average Bonchev–Trinajstić information content (AvgIpc) is 2.62. The predicted molar refractivity (Wildman–Crippen MR) is 75.8 cm³/mol. The molecular formula is C14H16ClN3. The maximum atomic E-state index is 6.24. The van der Waals surface area contributed by atoms with Crippen molar-refractivity contribution in [1.82, 2.24) is 4.98 Å². The third-order valence-electron chi connectivity index (χ3n) is 3.64. The number of para-hydroxylation sites is 1. The smallest absolute Gasteiger partial charge is 0.0912 e. The van der Waals surface area contributed by atoms with Crippen LogP contribution in [0.4, 0.5) is 5.69 Å². The third kappa shape index (κ3) is 1.84. The Morgan fingerprint density at radius 2 is 2.00 bits per heavy atom. The Bertz CT molecular complexity index is 595. The number of anilines is 1. The van der Waals surface area contributed by atoms with Gasteiger partial charge in [-0.25, -0.2) is 0 Å². The SMILES string of the molecule is NNc1c2c(nc3c(Cl)cccc13)CCCCC2. The molecule has 3 N–H and O–H groups in total. The minimum Gasteiger partial charge on any atom is -0.323 e. The van der Waals surface area contributed by atoms with Gasteiger partial charge in [-0.1, -0.05) is 30.2 Å². The summed E-state index contributed by atoms with van der Waals surface area (Å²) < 4.78 is 0.